The molecule has 2 fully saturated rings. The minimum atomic E-state index is -0.558. The van der Waals surface area contributed by atoms with Crippen molar-refractivity contribution in [3.05, 3.63) is 29.3 Å². The van der Waals surface area contributed by atoms with E-state index in [1.807, 2.05) is 31.2 Å². The number of ether oxygens (including phenoxy) is 1. The van der Waals surface area contributed by atoms with Gasteiger partial charge in [0.05, 0.1) is 6.54 Å². The highest BCUT2D eigenvalue weighted by Crippen LogP contribution is 2.26. The van der Waals surface area contributed by atoms with Gasteiger partial charge in [-0.1, -0.05) is 23.5 Å². The summed E-state index contributed by atoms with van der Waals surface area (Å²) < 4.78 is 4.88. The Hall–Kier alpha value is -3.01. The van der Waals surface area contributed by atoms with Crippen LogP contribution in [0, 0.1) is 6.92 Å². The van der Waals surface area contributed by atoms with Gasteiger partial charge in [0.2, 0.25) is 11.8 Å². The molecule has 1 N–H and O–H groups in total. The maximum atomic E-state index is 13.0. The van der Waals surface area contributed by atoms with Gasteiger partial charge in [0, 0.05) is 17.8 Å². The van der Waals surface area contributed by atoms with E-state index in [9.17, 15) is 14.4 Å². The van der Waals surface area contributed by atoms with E-state index in [-0.39, 0.29) is 18.4 Å². The molecule has 1 aromatic heterocycles. The summed E-state index contributed by atoms with van der Waals surface area (Å²) in [6.07, 6.45) is 1.83. The number of piperidine rings is 1. The van der Waals surface area contributed by atoms with Gasteiger partial charge in [0.15, 0.2) is 0 Å². The monoisotopic (exact) mass is 429 g/mol. The van der Waals surface area contributed by atoms with Gasteiger partial charge in [0.25, 0.3) is 0 Å². The van der Waals surface area contributed by atoms with Crippen molar-refractivity contribution in [3.8, 4) is 10.6 Å². The molecule has 2 saturated heterocycles. The molecule has 0 saturated carbocycles. The largest absolute Gasteiger partial charge is 0.448 e. The highest BCUT2D eigenvalue weighted by atomic mass is 32.1. The maximum absolute atomic E-state index is 13.0. The molecule has 3 amide bonds. The van der Waals surface area contributed by atoms with Gasteiger partial charge >= 0.3 is 6.09 Å². The number of nitrogens with zero attached hydrogens (tertiary/aromatic N) is 4. The zero-order valence-electron chi connectivity index (χ0n) is 16.7. The Bertz CT molecular complexity index is 962. The molecule has 0 aliphatic carbocycles. The fraction of sp³-hybridized carbons (Fsp3) is 0.450. The van der Waals surface area contributed by atoms with Gasteiger partial charge in [-0.15, -0.1) is 10.2 Å². The molecule has 1 atom stereocenters. The second-order valence-corrected chi connectivity index (χ2v) is 8.51. The van der Waals surface area contributed by atoms with Crippen LogP contribution in [0.3, 0.4) is 0 Å². The second-order valence-electron chi connectivity index (χ2n) is 7.33. The average molecular weight is 430 g/mol. The summed E-state index contributed by atoms with van der Waals surface area (Å²) >= 11 is 1.49. The zero-order chi connectivity index (χ0) is 21.1. The van der Waals surface area contributed by atoms with E-state index in [0.29, 0.717) is 31.8 Å². The Morgan fingerprint density at radius 3 is 2.87 bits per heavy atom. The smallest absolute Gasteiger partial charge is 0.410 e. The van der Waals surface area contributed by atoms with Gasteiger partial charge in [-0.25, -0.2) is 4.79 Å². The van der Waals surface area contributed by atoms with Gasteiger partial charge in [-0.2, -0.15) is 0 Å². The number of amides is 3. The summed E-state index contributed by atoms with van der Waals surface area (Å²) in [7, 11) is 0. The first-order valence-electron chi connectivity index (χ1n) is 9.94. The minimum absolute atomic E-state index is 0.0610. The zero-order valence-corrected chi connectivity index (χ0v) is 17.5. The summed E-state index contributed by atoms with van der Waals surface area (Å²) in [5.41, 5.74) is 1.52. The SMILES string of the molecule is Cc1nnc(-c2cccc(NC(=O)[C@H]3CCCCN3C(=O)CN3CCOC3=O)c2)s1. The van der Waals surface area contributed by atoms with Crippen molar-refractivity contribution in [2.75, 3.05) is 31.6 Å². The summed E-state index contributed by atoms with van der Waals surface area (Å²) in [4.78, 5) is 40.4. The number of cyclic esters (lactones) is 1. The highest BCUT2D eigenvalue weighted by molar-refractivity contribution is 7.14. The number of aromatic nitrogens is 2. The normalized spacial score (nSPS) is 19.0. The Labute approximate surface area is 178 Å². The molecule has 9 nitrogen and oxygen atoms in total. The first-order valence-corrected chi connectivity index (χ1v) is 10.8. The molecule has 158 valence electrons. The van der Waals surface area contributed by atoms with Crippen LogP contribution in [-0.4, -0.2) is 70.2 Å². The lowest BCUT2D eigenvalue weighted by Crippen LogP contribution is -2.52. The van der Waals surface area contributed by atoms with Crippen LogP contribution in [0.5, 0.6) is 0 Å². The molecule has 30 heavy (non-hydrogen) atoms. The molecule has 10 heteroatoms. The molecule has 2 aromatic rings. The fourth-order valence-electron chi connectivity index (χ4n) is 3.69. The predicted octanol–water partition coefficient (Wildman–Crippen LogP) is 2.29. The molecule has 0 unspecified atom stereocenters. The van der Waals surface area contributed by atoms with Crippen molar-refractivity contribution >= 4 is 34.9 Å². The molecule has 3 heterocycles. The summed E-state index contributed by atoms with van der Waals surface area (Å²) in [6, 6.07) is 6.88. The fourth-order valence-corrected chi connectivity index (χ4v) is 4.38. The third-order valence-corrected chi connectivity index (χ3v) is 6.09. The number of likely N-dealkylation sites (tertiary alicyclic amines) is 1. The first kappa shape index (κ1) is 20.3. The minimum Gasteiger partial charge on any atom is -0.448 e. The van der Waals surface area contributed by atoms with Crippen LogP contribution in [0.1, 0.15) is 24.3 Å². The first-order chi connectivity index (χ1) is 14.5. The quantitative estimate of drug-likeness (QED) is 0.782. The number of hydrogen-bond acceptors (Lipinski definition) is 7. The number of nitrogens with one attached hydrogen (secondary N) is 1. The topological polar surface area (TPSA) is 105 Å². The lowest BCUT2D eigenvalue weighted by molar-refractivity contribution is -0.140. The van der Waals surface area contributed by atoms with Crippen molar-refractivity contribution in [1.82, 2.24) is 20.0 Å². The van der Waals surface area contributed by atoms with Crippen LogP contribution < -0.4 is 5.32 Å². The van der Waals surface area contributed by atoms with E-state index < -0.39 is 12.1 Å². The van der Waals surface area contributed by atoms with E-state index in [0.717, 1.165) is 28.4 Å². The molecule has 1 aromatic carbocycles. The van der Waals surface area contributed by atoms with Crippen molar-refractivity contribution in [2.24, 2.45) is 0 Å². The molecule has 0 bridgehead atoms. The molecule has 0 radical (unpaired) electrons. The number of aryl methyl sites for hydroxylation is 1. The van der Waals surface area contributed by atoms with Crippen molar-refractivity contribution in [2.45, 2.75) is 32.2 Å². The number of hydrogen-bond donors (Lipinski definition) is 1. The van der Waals surface area contributed by atoms with Gasteiger partial charge in [-0.05, 0) is 38.3 Å². The Balaban J connectivity index is 1.44. The molecular formula is C20H23N5O4S. The number of carbonyl (C=O) groups excluding carboxylic acids is 3. The van der Waals surface area contributed by atoms with E-state index in [2.05, 4.69) is 15.5 Å². The predicted molar refractivity (Wildman–Crippen MR) is 111 cm³/mol. The van der Waals surface area contributed by atoms with Crippen molar-refractivity contribution < 1.29 is 19.1 Å². The van der Waals surface area contributed by atoms with Crippen LogP contribution >= 0.6 is 11.3 Å². The Morgan fingerprint density at radius 2 is 2.13 bits per heavy atom. The highest BCUT2D eigenvalue weighted by Gasteiger charge is 2.34. The van der Waals surface area contributed by atoms with Crippen molar-refractivity contribution in [1.29, 1.82) is 0 Å². The third kappa shape index (κ3) is 4.43. The summed E-state index contributed by atoms with van der Waals surface area (Å²) in [6.45, 7) is 3.02. The number of anilines is 1. The van der Waals surface area contributed by atoms with E-state index >= 15 is 0 Å². The average Bonchev–Trinajstić information content (AvgIpc) is 3.36. The molecule has 2 aliphatic heterocycles. The molecular weight excluding hydrogens is 406 g/mol. The summed E-state index contributed by atoms with van der Waals surface area (Å²) in [5.74, 6) is -0.454. The van der Waals surface area contributed by atoms with Crippen LogP contribution in [0.25, 0.3) is 10.6 Å². The number of benzene rings is 1. The van der Waals surface area contributed by atoms with E-state index in [4.69, 9.17) is 4.74 Å². The van der Waals surface area contributed by atoms with Crippen LogP contribution in [0.2, 0.25) is 0 Å². The van der Waals surface area contributed by atoms with Crippen molar-refractivity contribution in [3.63, 3.8) is 0 Å². The van der Waals surface area contributed by atoms with Crippen LogP contribution in [0.4, 0.5) is 10.5 Å². The van der Waals surface area contributed by atoms with E-state index in [1.165, 1.54) is 16.2 Å². The van der Waals surface area contributed by atoms with E-state index in [1.54, 1.807) is 4.90 Å². The van der Waals surface area contributed by atoms with Crippen LogP contribution in [-0.2, 0) is 14.3 Å². The van der Waals surface area contributed by atoms with Crippen LogP contribution in [0.15, 0.2) is 24.3 Å². The number of rotatable bonds is 5. The number of carbonyl (C=O) groups is 3. The summed E-state index contributed by atoms with van der Waals surface area (Å²) in [5, 5.41) is 12.8. The molecule has 4 rings (SSSR count). The van der Waals surface area contributed by atoms with Gasteiger partial charge < -0.3 is 15.0 Å². The molecule has 2 aliphatic rings. The second kappa shape index (κ2) is 8.78. The lowest BCUT2D eigenvalue weighted by Gasteiger charge is -2.35. The Morgan fingerprint density at radius 1 is 1.27 bits per heavy atom. The van der Waals surface area contributed by atoms with Gasteiger partial charge in [-0.3, -0.25) is 14.5 Å². The van der Waals surface area contributed by atoms with Gasteiger partial charge in [0.1, 0.15) is 29.2 Å². The maximum Gasteiger partial charge on any atom is 0.410 e. The standard InChI is InChI=1S/C20H23N5O4S/c1-13-22-23-19(30-13)14-5-4-6-15(11-14)21-18(27)16-7-2-3-8-25(16)17(26)12-24-9-10-29-20(24)28/h4-6,11,16H,2-3,7-10,12H2,1H3,(H,21,27)/t16-/m1/s1. The lowest BCUT2D eigenvalue weighted by atomic mass is 10.0. The third-order valence-electron chi connectivity index (χ3n) is 5.20. The molecule has 0 spiro atoms. The Kier molecular flexibility index (Phi) is 5.93.